The predicted molar refractivity (Wildman–Crippen MR) is 56.3 cm³/mol. The Hall–Kier alpha value is -1.34. The van der Waals surface area contributed by atoms with E-state index in [4.69, 9.17) is 136 Å². The van der Waals surface area contributed by atoms with Gasteiger partial charge in [0.2, 0.25) is 0 Å². The second-order valence-electron chi connectivity index (χ2n) is 2.48. The van der Waals surface area contributed by atoms with Crippen LogP contribution in [0.5, 0.6) is 0 Å². The van der Waals surface area contributed by atoms with Gasteiger partial charge >= 0.3 is 41.7 Å². The minimum atomic E-state index is -4.69. The summed E-state index contributed by atoms with van der Waals surface area (Å²) in [5.74, 6) is 0. The Morgan fingerprint density at radius 3 is 0.342 bits per heavy atom. The molecule has 8 N–H and O–H groups in total. The van der Waals surface area contributed by atoms with Gasteiger partial charge in [-0.05, 0) is 0 Å². The third-order valence-electron chi connectivity index (χ3n) is 0. The average molecular weight is 808 g/mol. The number of quaternary nitrogens is 1. The van der Waals surface area contributed by atoms with Crippen LogP contribution in [0.15, 0.2) is 0 Å². The first kappa shape index (κ1) is 65.6. The van der Waals surface area contributed by atoms with Crippen LogP contribution in [-0.4, -0.2) is 39.0 Å². The van der Waals surface area contributed by atoms with Gasteiger partial charge in [0.25, 0.3) is 0 Å². The van der Waals surface area contributed by atoms with Gasteiger partial charge in [0.1, 0.15) is 0 Å². The smallest absolute Gasteiger partial charge is 0.369 e. The molecule has 0 aromatic heterocycles. The number of hydrogen-bond acceptors (Lipinski definition) is 28. The second-order valence-corrected chi connectivity index (χ2v) is 5.65. The molecule has 0 fully saturated rings. The van der Waals surface area contributed by atoms with Gasteiger partial charge in [-0.3, -0.25) is 0 Å². The predicted octanol–water partition coefficient (Wildman–Crippen LogP) is -17.1. The molecule has 233 valence electrons. The summed E-state index contributed by atoms with van der Waals surface area (Å²) in [7, 11) is -18.8. The van der Waals surface area contributed by atoms with Crippen LogP contribution in [0.3, 0.4) is 0 Å². The molecule has 33 nitrogen and oxygen atoms in total. The molecule has 0 aliphatic carbocycles. The van der Waals surface area contributed by atoms with Crippen LogP contribution >= 0.6 is 0 Å². The summed E-state index contributed by atoms with van der Waals surface area (Å²) in [6, 6.07) is 0. The van der Waals surface area contributed by atoms with Crippen molar-refractivity contribution in [3.8, 4) is 0 Å². The zero-order chi connectivity index (χ0) is 32.3. The summed E-state index contributed by atoms with van der Waals surface area (Å²) >= 11 is 0. The Kier molecular flexibility index (Phi) is 61.5. The van der Waals surface area contributed by atoms with Crippen LogP contribution in [0.25, 0.3) is 0 Å². The van der Waals surface area contributed by atoms with Crippen LogP contribution in [0.2, 0.25) is 0 Å². The Labute approximate surface area is 244 Å². The van der Waals surface area contributed by atoms with Crippen molar-refractivity contribution in [3.05, 3.63) is 61.3 Å². The van der Waals surface area contributed by atoms with E-state index in [0.29, 0.717) is 0 Å². The molecule has 0 aromatic rings. The largest absolute Gasteiger partial charge is 3.00 e. The van der Waals surface area contributed by atoms with Crippen molar-refractivity contribution in [1.29, 1.82) is 0 Å². The summed E-state index contributed by atoms with van der Waals surface area (Å²) in [5, 5.41) is 59.0. The zero-order valence-corrected chi connectivity index (χ0v) is 22.6. The summed E-state index contributed by atoms with van der Waals surface area (Å²) in [5.41, 5.74) is 0. The molecule has 38 heteroatoms. The van der Waals surface area contributed by atoms with Gasteiger partial charge in [0.05, 0.1) is 80.0 Å². The van der Waals surface area contributed by atoms with Crippen molar-refractivity contribution in [1.82, 2.24) is 6.15 Å². The van der Waals surface area contributed by atoms with Crippen molar-refractivity contribution in [2.75, 3.05) is 0 Å². The molecule has 0 unspecified atom stereocenters. The van der Waals surface area contributed by atoms with Gasteiger partial charge in [-0.2, -0.15) is 55.9 Å². The van der Waals surface area contributed by atoms with Gasteiger partial charge in [-0.15, -0.1) is 0 Å². The first-order valence-corrected chi connectivity index (χ1v) is 9.77. The molecule has 0 aliphatic rings. The molecule has 0 amide bonds. The van der Waals surface area contributed by atoms with E-state index in [1.54, 1.807) is 0 Å². The van der Waals surface area contributed by atoms with Crippen molar-refractivity contribution in [2.24, 2.45) is 0 Å². The van der Waals surface area contributed by atoms with E-state index in [1.807, 2.05) is 0 Å². The average Bonchev–Trinajstić information content (AvgIpc) is 2.24. The molecule has 0 heterocycles. The van der Waals surface area contributed by atoms with E-state index in [0.717, 1.165) is 0 Å². The fourth-order valence-corrected chi connectivity index (χ4v) is 0. The molecule has 0 saturated heterocycles. The van der Waals surface area contributed by atoms with Crippen LogP contribution in [-0.2, 0) is 0 Å². The molecule has 0 aromatic carbocycles. The van der Waals surface area contributed by atoms with E-state index in [1.165, 1.54) is 0 Å². The Morgan fingerprint density at radius 2 is 0.342 bits per heavy atom. The van der Waals surface area contributed by atoms with Gasteiger partial charge < -0.3 is 67.4 Å². The van der Waals surface area contributed by atoms with Crippen molar-refractivity contribution in [3.63, 3.8) is 0 Å². The minimum Gasteiger partial charge on any atom is -0.369 e. The molecule has 0 rings (SSSR count). The van der Waals surface area contributed by atoms with E-state index in [2.05, 4.69) is 0 Å². The molecule has 0 atom stereocenters. The molecule has 38 heavy (non-hydrogen) atoms. The van der Waals surface area contributed by atoms with Gasteiger partial charge in [-0.25, -0.2) is 0 Å². The third kappa shape index (κ3) is 21800. The first-order chi connectivity index (χ1) is 14.9. The molecule has 0 aliphatic heterocycles. The van der Waals surface area contributed by atoms with Crippen LogP contribution in [0.4, 0.5) is 0 Å². The van der Waals surface area contributed by atoms with Crippen molar-refractivity contribution in [2.45, 2.75) is 0 Å². The maximum Gasteiger partial charge on any atom is 3.00 e. The van der Waals surface area contributed by atoms with E-state index in [-0.39, 0.29) is 47.9 Å². The molecular formula is H8CeCl4N5O28. The standard InChI is InChI=1S/Ce.4ClHO4.4NO3.H3N/c;4*2-1(3,4)5;4*2-1(3)4;/h;4*(H,2,3,4,5);;;;;1H3/q+3;;;;;4*-1;/p+1. The van der Waals surface area contributed by atoms with E-state index in [9.17, 15) is 0 Å². The normalized spacial score (nSPS) is 8.84. The number of halogens is 4. The van der Waals surface area contributed by atoms with Crippen LogP contribution in [0, 0.1) is 144 Å². The van der Waals surface area contributed by atoms with Gasteiger partial charge in [0.15, 0.2) is 0 Å². The number of rotatable bonds is 0. The summed E-state index contributed by atoms with van der Waals surface area (Å²) < 4.78 is 131. The third-order valence-corrected chi connectivity index (χ3v) is 0. The maximum atomic E-state index is 8.60. The zero-order valence-electron chi connectivity index (χ0n) is 16.4. The SMILES string of the molecule is O=[N+]([O-])[O-].O=[N+]([O-])[O-].O=[N+]([O-])[O-].O=[N+]([O-])[O-].[Ce+3].[NH4+].[O-][Cl+3]([O-])([O-])O.[O-][Cl+3]([O-])([O-])O.[O-][Cl+3]([O-])([O-])O.[O-][Cl+3]([O-])([O-])O. The Morgan fingerprint density at radius 1 is 0.342 bits per heavy atom. The van der Waals surface area contributed by atoms with Crippen molar-refractivity contribution < 1.29 is 178 Å². The molecule has 0 bridgehead atoms. The molecule has 0 saturated carbocycles. The Bertz CT molecular complexity index is 391. The van der Waals surface area contributed by atoms with E-state index < -0.39 is 61.3 Å². The fourth-order valence-electron chi connectivity index (χ4n) is 0. The Balaban J connectivity index is -0.0000000293. The van der Waals surface area contributed by atoms with E-state index >= 15 is 0 Å². The van der Waals surface area contributed by atoms with Crippen LogP contribution < -0.4 is 62.1 Å². The second kappa shape index (κ2) is 35.7. The summed E-state index contributed by atoms with van der Waals surface area (Å²) in [4.78, 5) is 33.0. The summed E-state index contributed by atoms with van der Waals surface area (Å²) in [6.07, 6.45) is 0. The van der Waals surface area contributed by atoms with Crippen LogP contribution in [0.1, 0.15) is 0 Å². The maximum absolute atomic E-state index is 8.60. The fraction of sp³-hybridized carbons (Fsp3) is 0. The topological polar surface area (TPSA) is 659 Å². The molecule has 1 radical (unpaired) electrons. The minimum absolute atomic E-state index is 0. The summed E-state index contributed by atoms with van der Waals surface area (Å²) in [6.45, 7) is 0. The monoisotopic (exact) mass is 806 g/mol. The molecule has 0 spiro atoms. The van der Waals surface area contributed by atoms with Crippen molar-refractivity contribution >= 4 is 0 Å². The number of hydrogen-bond donors (Lipinski definition) is 5. The van der Waals surface area contributed by atoms with Gasteiger partial charge in [-0.1, -0.05) is 0 Å². The first-order valence-electron chi connectivity index (χ1n) is 4.72. The number of nitrogens with zero attached hydrogens (tertiary/aromatic N) is 4. The molecular weight excluding hydrogens is 800 g/mol. The van der Waals surface area contributed by atoms with Gasteiger partial charge in [0, 0.05) is 0 Å². The quantitative estimate of drug-likeness (QED) is 0.112.